The fourth-order valence-electron chi connectivity index (χ4n) is 2.43. The summed E-state index contributed by atoms with van der Waals surface area (Å²) in [5.74, 6) is 0.405. The summed E-state index contributed by atoms with van der Waals surface area (Å²) in [6.45, 7) is 1.99. The number of para-hydroxylation sites is 2. The lowest BCUT2D eigenvalue weighted by Crippen LogP contribution is -2.30. The van der Waals surface area contributed by atoms with Gasteiger partial charge in [0, 0.05) is 17.6 Å². The zero-order valence-corrected chi connectivity index (χ0v) is 13.3. The summed E-state index contributed by atoms with van der Waals surface area (Å²) in [5.41, 5.74) is 2.06. The first-order chi connectivity index (χ1) is 11.6. The fraction of sp³-hybridized carbons (Fsp3) is 0.158. The molecule has 1 amide bonds. The van der Waals surface area contributed by atoms with Crippen LogP contribution in [0, 0.1) is 6.92 Å². The summed E-state index contributed by atoms with van der Waals surface area (Å²) >= 11 is 0. The molecule has 122 valence electrons. The van der Waals surface area contributed by atoms with Crippen molar-refractivity contribution in [1.82, 2.24) is 10.3 Å². The van der Waals surface area contributed by atoms with Gasteiger partial charge in [-0.1, -0.05) is 36.4 Å². The third-order valence-electron chi connectivity index (χ3n) is 3.76. The van der Waals surface area contributed by atoms with Gasteiger partial charge in [-0.2, -0.15) is 0 Å². The van der Waals surface area contributed by atoms with E-state index in [2.05, 4.69) is 10.3 Å². The van der Waals surface area contributed by atoms with Crippen LogP contribution in [-0.4, -0.2) is 17.5 Å². The van der Waals surface area contributed by atoms with Crippen LogP contribution in [0.1, 0.15) is 11.1 Å². The number of carbonyl (C=O) groups excluding carboxylic acids is 1. The van der Waals surface area contributed by atoms with Crippen molar-refractivity contribution >= 4 is 16.8 Å². The first-order valence-electron chi connectivity index (χ1n) is 7.69. The van der Waals surface area contributed by atoms with E-state index in [4.69, 9.17) is 4.74 Å². The number of hydrogen-bond acceptors (Lipinski definition) is 3. The number of hydrogen-bond donors (Lipinski definition) is 2. The number of pyridine rings is 1. The Kier molecular flexibility index (Phi) is 4.61. The van der Waals surface area contributed by atoms with Crippen LogP contribution in [0.25, 0.3) is 10.9 Å². The molecule has 2 aromatic carbocycles. The maximum Gasteiger partial charge on any atom is 0.258 e. The van der Waals surface area contributed by atoms with Gasteiger partial charge in [0.25, 0.3) is 11.5 Å². The predicted octanol–water partition coefficient (Wildman–Crippen LogP) is 2.53. The molecule has 0 aliphatic rings. The van der Waals surface area contributed by atoms with E-state index in [0.29, 0.717) is 11.3 Å². The largest absolute Gasteiger partial charge is 0.484 e. The molecule has 24 heavy (non-hydrogen) atoms. The Morgan fingerprint density at radius 1 is 1.12 bits per heavy atom. The molecular weight excluding hydrogens is 304 g/mol. The third-order valence-corrected chi connectivity index (χ3v) is 3.76. The second kappa shape index (κ2) is 7.00. The van der Waals surface area contributed by atoms with Crippen LogP contribution in [0.5, 0.6) is 5.75 Å². The van der Waals surface area contributed by atoms with Gasteiger partial charge in [-0.25, -0.2) is 0 Å². The molecule has 1 aromatic heterocycles. The summed E-state index contributed by atoms with van der Waals surface area (Å²) in [5, 5.41) is 3.64. The highest BCUT2D eigenvalue weighted by atomic mass is 16.5. The summed E-state index contributed by atoms with van der Waals surface area (Å²) in [7, 11) is 0. The number of amides is 1. The Labute approximate surface area is 139 Å². The normalized spacial score (nSPS) is 10.5. The number of nitrogens with one attached hydrogen (secondary N) is 2. The number of fused-ring (bicyclic) bond motifs is 1. The van der Waals surface area contributed by atoms with E-state index in [-0.39, 0.29) is 24.6 Å². The van der Waals surface area contributed by atoms with E-state index in [1.54, 1.807) is 6.07 Å². The Morgan fingerprint density at radius 3 is 2.71 bits per heavy atom. The maximum absolute atomic E-state index is 12.0. The van der Waals surface area contributed by atoms with Crippen LogP contribution in [0.15, 0.2) is 59.4 Å². The van der Waals surface area contributed by atoms with Crippen molar-refractivity contribution < 1.29 is 9.53 Å². The van der Waals surface area contributed by atoms with Crippen molar-refractivity contribution in [2.24, 2.45) is 0 Å². The van der Waals surface area contributed by atoms with Gasteiger partial charge in [0.15, 0.2) is 6.61 Å². The Morgan fingerprint density at radius 2 is 1.88 bits per heavy atom. The number of ether oxygens (including phenoxy) is 1. The van der Waals surface area contributed by atoms with Crippen molar-refractivity contribution in [2.45, 2.75) is 13.5 Å². The highest BCUT2D eigenvalue weighted by molar-refractivity contribution is 5.79. The molecule has 0 aliphatic heterocycles. The van der Waals surface area contributed by atoms with Gasteiger partial charge >= 0.3 is 0 Å². The van der Waals surface area contributed by atoms with E-state index < -0.39 is 0 Å². The Hall–Kier alpha value is -3.08. The van der Waals surface area contributed by atoms with E-state index >= 15 is 0 Å². The number of aryl methyl sites for hydroxylation is 1. The van der Waals surface area contributed by atoms with Gasteiger partial charge in [0.2, 0.25) is 0 Å². The molecule has 0 radical (unpaired) electrons. The molecule has 0 unspecified atom stereocenters. The van der Waals surface area contributed by atoms with Gasteiger partial charge in [0.05, 0.1) is 0 Å². The smallest absolute Gasteiger partial charge is 0.258 e. The van der Waals surface area contributed by atoms with Crippen molar-refractivity contribution in [3.8, 4) is 5.75 Å². The molecule has 0 fully saturated rings. The highest BCUT2D eigenvalue weighted by Gasteiger charge is 2.07. The van der Waals surface area contributed by atoms with Crippen LogP contribution in [0.2, 0.25) is 0 Å². The molecule has 3 aromatic rings. The van der Waals surface area contributed by atoms with Gasteiger partial charge in [0.1, 0.15) is 5.75 Å². The van der Waals surface area contributed by atoms with Gasteiger partial charge in [-0.15, -0.1) is 0 Å². The lowest BCUT2D eigenvalue weighted by molar-refractivity contribution is -0.123. The molecular formula is C19H18N2O3. The van der Waals surface area contributed by atoms with Crippen molar-refractivity contribution in [3.05, 3.63) is 76.1 Å². The third kappa shape index (κ3) is 3.63. The van der Waals surface area contributed by atoms with E-state index in [1.165, 1.54) is 0 Å². The van der Waals surface area contributed by atoms with Crippen molar-refractivity contribution in [3.63, 3.8) is 0 Å². The molecule has 1 heterocycles. The van der Waals surface area contributed by atoms with Crippen LogP contribution < -0.4 is 15.6 Å². The van der Waals surface area contributed by atoms with E-state index in [0.717, 1.165) is 16.5 Å². The Bertz CT molecular complexity index is 931. The number of aromatic amines is 1. The second-order valence-corrected chi connectivity index (χ2v) is 5.54. The fourth-order valence-corrected chi connectivity index (χ4v) is 2.43. The van der Waals surface area contributed by atoms with E-state index in [9.17, 15) is 9.59 Å². The maximum atomic E-state index is 12.0. The minimum Gasteiger partial charge on any atom is -0.484 e. The molecule has 3 rings (SSSR count). The summed E-state index contributed by atoms with van der Waals surface area (Å²) in [6.07, 6.45) is 0. The van der Waals surface area contributed by atoms with Crippen LogP contribution >= 0.6 is 0 Å². The lowest BCUT2D eigenvalue weighted by Gasteiger charge is -2.09. The van der Waals surface area contributed by atoms with E-state index in [1.807, 2.05) is 55.5 Å². The van der Waals surface area contributed by atoms with Gasteiger partial charge in [-0.3, -0.25) is 9.59 Å². The van der Waals surface area contributed by atoms with Crippen LogP contribution in [0.4, 0.5) is 0 Å². The van der Waals surface area contributed by atoms with Crippen molar-refractivity contribution in [1.29, 1.82) is 0 Å². The molecule has 0 saturated heterocycles. The van der Waals surface area contributed by atoms with Crippen molar-refractivity contribution in [2.75, 3.05) is 6.61 Å². The average Bonchev–Trinajstić information content (AvgIpc) is 2.59. The molecule has 0 atom stereocenters. The number of rotatable bonds is 5. The molecule has 5 heteroatoms. The second-order valence-electron chi connectivity index (χ2n) is 5.54. The monoisotopic (exact) mass is 322 g/mol. The molecule has 0 saturated carbocycles. The standard InChI is InChI=1S/C19H18N2O3/c1-13-6-2-5-9-17(13)24-12-18(22)20-11-15-10-14-7-3-4-8-16(14)21-19(15)23/h2-10H,11-12H2,1H3,(H,20,22)(H,21,23). The molecule has 0 aliphatic carbocycles. The highest BCUT2D eigenvalue weighted by Crippen LogP contribution is 2.15. The van der Waals surface area contributed by atoms with Gasteiger partial charge < -0.3 is 15.0 Å². The molecule has 0 bridgehead atoms. The number of benzene rings is 2. The van der Waals surface area contributed by atoms with Gasteiger partial charge in [-0.05, 0) is 36.1 Å². The lowest BCUT2D eigenvalue weighted by atomic mass is 10.1. The summed E-state index contributed by atoms with van der Waals surface area (Å²) in [4.78, 5) is 26.8. The first-order valence-corrected chi connectivity index (χ1v) is 7.69. The van der Waals surface area contributed by atoms with Crippen LogP contribution in [-0.2, 0) is 11.3 Å². The quantitative estimate of drug-likeness (QED) is 0.758. The SMILES string of the molecule is Cc1ccccc1OCC(=O)NCc1cc2ccccc2[nH]c1=O. The topological polar surface area (TPSA) is 71.2 Å². The Balaban J connectivity index is 1.61. The zero-order chi connectivity index (χ0) is 16.9. The summed E-state index contributed by atoms with van der Waals surface area (Å²) < 4.78 is 5.49. The molecule has 2 N–H and O–H groups in total. The summed E-state index contributed by atoms with van der Waals surface area (Å²) in [6, 6.07) is 16.8. The number of H-pyrrole nitrogens is 1. The minimum atomic E-state index is -0.272. The number of aromatic nitrogens is 1. The minimum absolute atomic E-state index is 0.0870. The number of carbonyl (C=O) groups is 1. The predicted molar refractivity (Wildman–Crippen MR) is 93.1 cm³/mol. The van der Waals surface area contributed by atoms with Crippen LogP contribution in [0.3, 0.4) is 0 Å². The average molecular weight is 322 g/mol. The zero-order valence-electron chi connectivity index (χ0n) is 13.3. The molecule has 5 nitrogen and oxygen atoms in total. The first kappa shape index (κ1) is 15.8. The molecule has 0 spiro atoms.